The van der Waals surface area contributed by atoms with Crippen LogP contribution in [0.4, 0.5) is 0 Å². The normalized spacial score (nSPS) is 8.55. The predicted molar refractivity (Wildman–Crippen MR) is 43.7 cm³/mol. The van der Waals surface area contributed by atoms with E-state index in [1.165, 1.54) is 0 Å². The second-order valence-electron chi connectivity index (χ2n) is 1.57. The smallest absolute Gasteiger partial charge is 0.138 e. The molecule has 0 amide bonds. The molecule has 0 aliphatic carbocycles. The summed E-state index contributed by atoms with van der Waals surface area (Å²) in [4.78, 5) is 4.43. The Balaban J connectivity index is 2.82. The van der Waals surface area contributed by atoms with Crippen molar-refractivity contribution in [3.8, 4) is 10.8 Å². The molecule has 1 aromatic heterocycles. The van der Waals surface area contributed by atoms with Gasteiger partial charge in [0.05, 0.1) is 9.79 Å². The number of thiocyanates is 2. The highest BCUT2D eigenvalue weighted by atomic mass is 32.2. The predicted octanol–water partition coefficient (Wildman–Crippen LogP) is 2.16. The average Bonchev–Trinajstić information content (AvgIpc) is 2.39. The summed E-state index contributed by atoms with van der Waals surface area (Å²) in [5.74, 6) is 0. The molecule has 0 aliphatic rings. The van der Waals surface area contributed by atoms with Crippen molar-refractivity contribution in [3.63, 3.8) is 0 Å². The van der Waals surface area contributed by atoms with Crippen LogP contribution in [0.3, 0.4) is 0 Å². The van der Waals surface area contributed by atoms with Crippen LogP contribution in [-0.2, 0) is 0 Å². The van der Waals surface area contributed by atoms with Crippen molar-refractivity contribution in [2.75, 3.05) is 0 Å². The molecule has 0 saturated heterocycles. The molecule has 11 heavy (non-hydrogen) atoms. The van der Waals surface area contributed by atoms with Crippen molar-refractivity contribution in [1.29, 1.82) is 10.5 Å². The highest BCUT2D eigenvalue weighted by Gasteiger charge is 2.03. The maximum Gasteiger partial charge on any atom is 0.138 e. The SMILES string of the molecule is N#CSc1c[nH]cc1SC#N. The number of nitrogens with one attached hydrogen (secondary N) is 1. The molecule has 0 saturated carbocycles. The second-order valence-corrected chi connectivity index (χ2v) is 3.22. The van der Waals surface area contributed by atoms with Crippen molar-refractivity contribution < 1.29 is 0 Å². The van der Waals surface area contributed by atoms with E-state index in [2.05, 4.69) is 4.98 Å². The van der Waals surface area contributed by atoms with E-state index in [0.717, 1.165) is 33.3 Å². The Morgan fingerprint density at radius 3 is 1.91 bits per heavy atom. The van der Waals surface area contributed by atoms with Crippen molar-refractivity contribution in [2.24, 2.45) is 0 Å². The molecule has 1 rings (SSSR count). The van der Waals surface area contributed by atoms with Gasteiger partial charge in [0, 0.05) is 12.4 Å². The van der Waals surface area contributed by atoms with E-state index in [-0.39, 0.29) is 0 Å². The number of aromatic nitrogens is 1. The fourth-order valence-corrected chi connectivity index (χ4v) is 1.61. The molecule has 0 fully saturated rings. The molecule has 0 radical (unpaired) electrons. The third kappa shape index (κ3) is 1.94. The minimum absolute atomic E-state index is 0.805. The largest absolute Gasteiger partial charge is 0.366 e. The Morgan fingerprint density at radius 1 is 1.09 bits per heavy atom. The molecule has 1 heterocycles. The van der Waals surface area contributed by atoms with Gasteiger partial charge in [-0.1, -0.05) is 0 Å². The highest BCUT2D eigenvalue weighted by Crippen LogP contribution is 2.29. The molecule has 54 valence electrons. The van der Waals surface area contributed by atoms with E-state index in [1.807, 2.05) is 10.8 Å². The molecule has 1 N–H and O–H groups in total. The van der Waals surface area contributed by atoms with Crippen LogP contribution >= 0.6 is 23.5 Å². The zero-order chi connectivity index (χ0) is 8.10. The van der Waals surface area contributed by atoms with Gasteiger partial charge in [0.2, 0.25) is 0 Å². The van der Waals surface area contributed by atoms with Crippen LogP contribution in [0.1, 0.15) is 0 Å². The lowest BCUT2D eigenvalue weighted by Gasteiger charge is -1.87. The van der Waals surface area contributed by atoms with Crippen LogP contribution in [0.2, 0.25) is 0 Å². The molecule has 0 aromatic carbocycles. The third-order valence-corrected chi connectivity index (χ3v) is 2.41. The number of rotatable bonds is 2. The van der Waals surface area contributed by atoms with Crippen molar-refractivity contribution >= 4 is 23.5 Å². The summed E-state index contributed by atoms with van der Waals surface area (Å²) >= 11 is 2.10. The molecule has 5 heteroatoms. The molecule has 0 unspecified atom stereocenters. The lowest BCUT2D eigenvalue weighted by molar-refractivity contribution is 1.35. The number of nitriles is 2. The van der Waals surface area contributed by atoms with Crippen molar-refractivity contribution in [1.82, 2.24) is 4.98 Å². The Hall–Kier alpha value is -1.04. The van der Waals surface area contributed by atoms with Gasteiger partial charge in [0.1, 0.15) is 10.8 Å². The Labute approximate surface area is 72.4 Å². The molecular formula is C6H3N3S2. The fourth-order valence-electron chi connectivity index (χ4n) is 0.593. The van der Waals surface area contributed by atoms with Gasteiger partial charge < -0.3 is 4.98 Å². The first-order chi connectivity index (χ1) is 5.38. The molecule has 3 nitrogen and oxygen atoms in total. The van der Waals surface area contributed by atoms with E-state index >= 15 is 0 Å². The van der Waals surface area contributed by atoms with Gasteiger partial charge in [-0.25, -0.2) is 0 Å². The van der Waals surface area contributed by atoms with Crippen LogP contribution in [0.15, 0.2) is 22.2 Å². The van der Waals surface area contributed by atoms with Gasteiger partial charge in [0.15, 0.2) is 0 Å². The van der Waals surface area contributed by atoms with Crippen LogP contribution in [0.25, 0.3) is 0 Å². The van der Waals surface area contributed by atoms with E-state index in [9.17, 15) is 0 Å². The summed E-state index contributed by atoms with van der Waals surface area (Å²) < 4.78 is 0. The van der Waals surface area contributed by atoms with Crippen LogP contribution in [-0.4, -0.2) is 4.98 Å². The number of aromatic amines is 1. The first-order valence-corrected chi connectivity index (χ1v) is 4.30. The summed E-state index contributed by atoms with van der Waals surface area (Å²) in [6.07, 6.45) is 3.40. The van der Waals surface area contributed by atoms with E-state index in [0.29, 0.717) is 0 Å². The Kier molecular flexibility index (Phi) is 2.91. The van der Waals surface area contributed by atoms with E-state index in [4.69, 9.17) is 10.5 Å². The molecular weight excluding hydrogens is 178 g/mol. The van der Waals surface area contributed by atoms with Crippen molar-refractivity contribution in [2.45, 2.75) is 9.79 Å². The molecule has 0 aliphatic heterocycles. The van der Waals surface area contributed by atoms with Crippen LogP contribution in [0.5, 0.6) is 0 Å². The number of H-pyrrole nitrogens is 1. The molecule has 0 spiro atoms. The minimum atomic E-state index is 0.805. The average molecular weight is 181 g/mol. The number of thioether (sulfide) groups is 2. The van der Waals surface area contributed by atoms with E-state index in [1.54, 1.807) is 12.4 Å². The monoisotopic (exact) mass is 181 g/mol. The maximum atomic E-state index is 8.34. The standard InChI is InChI=1S/C6H3N3S2/c7-3-10-5-1-9-2-6(5)11-4-8/h1-2,9H. The fraction of sp³-hybridized carbons (Fsp3) is 0. The van der Waals surface area contributed by atoms with Gasteiger partial charge in [-0.2, -0.15) is 10.5 Å². The topological polar surface area (TPSA) is 63.4 Å². The molecule has 0 atom stereocenters. The third-order valence-electron chi connectivity index (χ3n) is 0.983. The lowest BCUT2D eigenvalue weighted by Crippen LogP contribution is -1.63. The number of hydrogen-bond donors (Lipinski definition) is 1. The first kappa shape index (κ1) is 8.06. The first-order valence-electron chi connectivity index (χ1n) is 2.67. The number of nitrogens with zero attached hydrogens (tertiary/aromatic N) is 2. The van der Waals surface area contributed by atoms with Gasteiger partial charge in [0.25, 0.3) is 0 Å². The number of hydrogen-bond acceptors (Lipinski definition) is 4. The van der Waals surface area contributed by atoms with Gasteiger partial charge in [-0.3, -0.25) is 0 Å². The molecule has 0 bridgehead atoms. The van der Waals surface area contributed by atoms with Gasteiger partial charge in [-0.15, -0.1) is 0 Å². The van der Waals surface area contributed by atoms with E-state index < -0.39 is 0 Å². The van der Waals surface area contributed by atoms with Crippen molar-refractivity contribution in [3.05, 3.63) is 12.4 Å². The molecule has 1 aromatic rings. The summed E-state index contributed by atoms with van der Waals surface area (Å²) in [5, 5.41) is 20.6. The van der Waals surface area contributed by atoms with Gasteiger partial charge in [-0.05, 0) is 23.5 Å². The summed E-state index contributed by atoms with van der Waals surface area (Å²) in [6.45, 7) is 0. The zero-order valence-electron chi connectivity index (χ0n) is 5.37. The van der Waals surface area contributed by atoms with Crippen LogP contribution in [0, 0.1) is 21.3 Å². The highest BCUT2D eigenvalue weighted by molar-refractivity contribution is 8.06. The Morgan fingerprint density at radius 2 is 1.55 bits per heavy atom. The minimum Gasteiger partial charge on any atom is -0.366 e. The van der Waals surface area contributed by atoms with Crippen LogP contribution < -0.4 is 0 Å². The second kappa shape index (κ2) is 3.97. The summed E-state index contributed by atoms with van der Waals surface area (Å²) in [7, 11) is 0. The summed E-state index contributed by atoms with van der Waals surface area (Å²) in [6, 6.07) is 0. The maximum absolute atomic E-state index is 8.34. The quantitative estimate of drug-likeness (QED) is 0.561. The van der Waals surface area contributed by atoms with Gasteiger partial charge >= 0.3 is 0 Å². The Bertz CT molecular complexity index is 287. The summed E-state index contributed by atoms with van der Waals surface area (Å²) in [5.41, 5.74) is 0. The zero-order valence-corrected chi connectivity index (χ0v) is 7.00. The lowest BCUT2D eigenvalue weighted by atomic mass is 10.7.